The van der Waals surface area contributed by atoms with Crippen molar-refractivity contribution < 1.29 is 14.4 Å². The SMILES string of the molecule is CC(C)(C)C(=O)N1CCC[C@H]1C(=O)N[C@H](Cc1ccc2ccccc2c1)C(=O)NCCCN. The van der Waals surface area contributed by atoms with E-state index in [1.165, 1.54) is 0 Å². The Morgan fingerprint density at radius 3 is 2.55 bits per heavy atom. The summed E-state index contributed by atoms with van der Waals surface area (Å²) >= 11 is 0. The fraction of sp³-hybridized carbons (Fsp3) is 0.500. The van der Waals surface area contributed by atoms with Crippen molar-refractivity contribution in [3.05, 3.63) is 48.0 Å². The highest BCUT2D eigenvalue weighted by molar-refractivity contribution is 5.93. The second-order valence-corrected chi connectivity index (χ2v) is 9.79. The molecule has 7 nitrogen and oxygen atoms in total. The lowest BCUT2D eigenvalue weighted by Gasteiger charge is -2.31. The number of benzene rings is 2. The maximum Gasteiger partial charge on any atom is 0.243 e. The first kappa shape index (κ1) is 24.7. The molecule has 3 amide bonds. The summed E-state index contributed by atoms with van der Waals surface area (Å²) in [5.74, 6) is -0.555. The van der Waals surface area contributed by atoms with Gasteiger partial charge in [-0.2, -0.15) is 0 Å². The van der Waals surface area contributed by atoms with Crippen molar-refractivity contribution >= 4 is 28.5 Å². The van der Waals surface area contributed by atoms with Crippen LogP contribution in [0.25, 0.3) is 10.8 Å². The highest BCUT2D eigenvalue weighted by Gasteiger charge is 2.39. The van der Waals surface area contributed by atoms with E-state index in [1.54, 1.807) is 4.90 Å². The Bertz CT molecular complexity index is 998. The summed E-state index contributed by atoms with van der Waals surface area (Å²) < 4.78 is 0. The van der Waals surface area contributed by atoms with Gasteiger partial charge in [-0.25, -0.2) is 0 Å². The van der Waals surface area contributed by atoms with E-state index in [2.05, 4.69) is 10.6 Å². The molecule has 4 N–H and O–H groups in total. The van der Waals surface area contributed by atoms with Crippen LogP contribution in [0.1, 0.15) is 45.6 Å². The summed E-state index contributed by atoms with van der Waals surface area (Å²) in [6.45, 7) is 7.07. The summed E-state index contributed by atoms with van der Waals surface area (Å²) in [6, 6.07) is 12.8. The fourth-order valence-corrected chi connectivity index (χ4v) is 4.23. The molecule has 0 aliphatic carbocycles. The predicted octanol–water partition coefficient (Wildman–Crippen LogP) is 2.37. The third-order valence-electron chi connectivity index (χ3n) is 6.02. The van der Waals surface area contributed by atoms with E-state index in [1.807, 2.05) is 63.2 Å². The van der Waals surface area contributed by atoms with Gasteiger partial charge in [0.05, 0.1) is 0 Å². The highest BCUT2D eigenvalue weighted by Crippen LogP contribution is 2.26. The smallest absolute Gasteiger partial charge is 0.243 e. The number of nitrogens with two attached hydrogens (primary N) is 1. The second-order valence-electron chi connectivity index (χ2n) is 9.79. The Labute approximate surface area is 196 Å². The fourth-order valence-electron chi connectivity index (χ4n) is 4.23. The van der Waals surface area contributed by atoms with Crippen LogP contribution in [-0.4, -0.2) is 54.3 Å². The van der Waals surface area contributed by atoms with E-state index in [0.29, 0.717) is 38.9 Å². The van der Waals surface area contributed by atoms with Crippen molar-refractivity contribution in [2.75, 3.05) is 19.6 Å². The molecule has 2 aromatic carbocycles. The van der Waals surface area contributed by atoms with Gasteiger partial charge in [0.2, 0.25) is 17.7 Å². The van der Waals surface area contributed by atoms with E-state index < -0.39 is 17.5 Å². The molecule has 0 unspecified atom stereocenters. The van der Waals surface area contributed by atoms with E-state index in [4.69, 9.17) is 5.73 Å². The topological polar surface area (TPSA) is 105 Å². The molecule has 0 spiro atoms. The van der Waals surface area contributed by atoms with Gasteiger partial charge >= 0.3 is 0 Å². The van der Waals surface area contributed by atoms with E-state index in [-0.39, 0.29) is 17.7 Å². The first-order valence-corrected chi connectivity index (χ1v) is 11.8. The van der Waals surface area contributed by atoms with Crippen LogP contribution in [0.2, 0.25) is 0 Å². The number of nitrogens with zero attached hydrogens (tertiary/aromatic N) is 1. The maximum absolute atomic E-state index is 13.2. The average molecular weight is 453 g/mol. The molecule has 0 saturated carbocycles. The third kappa shape index (κ3) is 6.32. The summed E-state index contributed by atoms with van der Waals surface area (Å²) in [4.78, 5) is 40.7. The number of nitrogens with one attached hydrogen (secondary N) is 2. The van der Waals surface area contributed by atoms with Gasteiger partial charge in [-0.05, 0) is 42.1 Å². The molecule has 0 bridgehead atoms. The first-order valence-electron chi connectivity index (χ1n) is 11.8. The van der Waals surface area contributed by atoms with Crippen molar-refractivity contribution in [2.24, 2.45) is 11.1 Å². The lowest BCUT2D eigenvalue weighted by molar-refractivity contribution is -0.145. The van der Waals surface area contributed by atoms with Crippen LogP contribution >= 0.6 is 0 Å². The van der Waals surface area contributed by atoms with Crippen molar-refractivity contribution in [3.63, 3.8) is 0 Å². The molecular formula is C26H36N4O3. The van der Waals surface area contributed by atoms with Gasteiger partial charge in [0.25, 0.3) is 0 Å². The molecule has 0 aromatic heterocycles. The number of rotatable bonds is 8. The van der Waals surface area contributed by atoms with Crippen LogP contribution in [0.15, 0.2) is 42.5 Å². The zero-order chi connectivity index (χ0) is 24.0. The minimum absolute atomic E-state index is 0.0429. The molecule has 1 fully saturated rings. The van der Waals surface area contributed by atoms with E-state index >= 15 is 0 Å². The Balaban J connectivity index is 1.77. The molecule has 1 heterocycles. The molecule has 7 heteroatoms. The predicted molar refractivity (Wildman–Crippen MR) is 130 cm³/mol. The van der Waals surface area contributed by atoms with Crippen LogP contribution in [0.5, 0.6) is 0 Å². The number of hydrogen-bond donors (Lipinski definition) is 3. The number of fused-ring (bicyclic) bond motifs is 1. The Hall–Kier alpha value is -2.93. The molecule has 1 aliphatic rings. The standard InChI is InChI=1S/C26H36N4O3/c1-26(2,3)25(33)30-15-6-10-22(30)24(32)29-21(23(31)28-14-7-13-27)17-18-11-12-19-8-4-5-9-20(19)16-18/h4-5,8-9,11-12,16,21-22H,6-7,10,13-15,17,27H2,1-3H3,(H,28,31)(H,29,32)/t21-,22+/m1/s1. The maximum atomic E-state index is 13.2. The first-order chi connectivity index (χ1) is 15.7. The van der Waals surface area contributed by atoms with Gasteiger partial charge < -0.3 is 21.3 Å². The monoisotopic (exact) mass is 452 g/mol. The molecule has 33 heavy (non-hydrogen) atoms. The molecule has 3 rings (SSSR count). The van der Waals surface area contributed by atoms with E-state index in [0.717, 1.165) is 22.8 Å². The van der Waals surface area contributed by atoms with Crippen molar-refractivity contribution in [1.82, 2.24) is 15.5 Å². The van der Waals surface area contributed by atoms with Crippen LogP contribution in [-0.2, 0) is 20.8 Å². The third-order valence-corrected chi connectivity index (χ3v) is 6.02. The summed E-state index contributed by atoms with van der Waals surface area (Å²) in [5.41, 5.74) is 5.95. The number of hydrogen-bond acceptors (Lipinski definition) is 4. The van der Waals surface area contributed by atoms with Crippen molar-refractivity contribution in [1.29, 1.82) is 0 Å². The average Bonchev–Trinajstić information content (AvgIpc) is 3.27. The number of amides is 3. The minimum Gasteiger partial charge on any atom is -0.354 e. The van der Waals surface area contributed by atoms with Crippen LogP contribution in [0.3, 0.4) is 0 Å². The summed E-state index contributed by atoms with van der Waals surface area (Å²) in [7, 11) is 0. The van der Waals surface area contributed by atoms with Gasteiger partial charge in [-0.3, -0.25) is 14.4 Å². The summed E-state index contributed by atoms with van der Waals surface area (Å²) in [6.07, 6.45) is 2.41. The Morgan fingerprint density at radius 1 is 1.12 bits per heavy atom. The van der Waals surface area contributed by atoms with Gasteiger partial charge in [-0.15, -0.1) is 0 Å². The number of likely N-dealkylation sites (tertiary alicyclic amines) is 1. The van der Waals surface area contributed by atoms with E-state index in [9.17, 15) is 14.4 Å². The van der Waals surface area contributed by atoms with Crippen molar-refractivity contribution in [3.8, 4) is 0 Å². The Kier molecular flexibility index (Phi) is 8.08. The summed E-state index contributed by atoms with van der Waals surface area (Å²) in [5, 5.41) is 8.03. The van der Waals surface area contributed by atoms with Gasteiger partial charge in [0.1, 0.15) is 12.1 Å². The van der Waals surface area contributed by atoms with Crippen molar-refractivity contribution in [2.45, 2.75) is 58.5 Å². The van der Waals surface area contributed by atoms with Gasteiger partial charge in [-0.1, -0.05) is 63.2 Å². The van der Waals surface area contributed by atoms with Crippen LogP contribution in [0, 0.1) is 5.41 Å². The lowest BCUT2D eigenvalue weighted by Crippen LogP contribution is -2.55. The largest absolute Gasteiger partial charge is 0.354 e. The molecular weight excluding hydrogens is 416 g/mol. The zero-order valence-electron chi connectivity index (χ0n) is 19.9. The quantitative estimate of drug-likeness (QED) is 0.535. The van der Waals surface area contributed by atoms with Crippen LogP contribution in [0.4, 0.5) is 0 Å². The Morgan fingerprint density at radius 2 is 1.85 bits per heavy atom. The minimum atomic E-state index is -0.733. The lowest BCUT2D eigenvalue weighted by atomic mass is 9.94. The molecule has 1 aliphatic heterocycles. The molecule has 178 valence electrons. The van der Waals surface area contributed by atoms with Gasteiger partial charge in [0, 0.05) is 24.9 Å². The highest BCUT2D eigenvalue weighted by atomic mass is 16.2. The number of carbonyl (C=O) groups is 3. The second kappa shape index (κ2) is 10.8. The zero-order valence-corrected chi connectivity index (χ0v) is 19.9. The molecule has 2 aromatic rings. The number of carbonyl (C=O) groups excluding carboxylic acids is 3. The molecule has 0 radical (unpaired) electrons. The van der Waals surface area contributed by atoms with Crippen LogP contribution < -0.4 is 16.4 Å². The molecule has 1 saturated heterocycles. The normalized spacial score (nSPS) is 17.1. The molecule has 2 atom stereocenters. The van der Waals surface area contributed by atoms with Gasteiger partial charge in [0.15, 0.2) is 0 Å².